The summed E-state index contributed by atoms with van der Waals surface area (Å²) in [5.74, 6) is 3.37. The van der Waals surface area contributed by atoms with Crippen molar-refractivity contribution in [3.63, 3.8) is 0 Å². The van der Waals surface area contributed by atoms with Gasteiger partial charge in [0.15, 0.2) is 5.65 Å². The van der Waals surface area contributed by atoms with E-state index in [1.54, 1.807) is 0 Å². The molecule has 0 saturated carbocycles. The largest absolute Gasteiger partial charge is 0.445 e. The van der Waals surface area contributed by atoms with E-state index >= 15 is 0 Å². The number of pyridine rings is 1. The number of hydrogen-bond donors (Lipinski definition) is 1. The van der Waals surface area contributed by atoms with Crippen LogP contribution in [0.5, 0.6) is 0 Å². The van der Waals surface area contributed by atoms with Crippen LogP contribution in [0.2, 0.25) is 0 Å². The first-order valence-corrected chi connectivity index (χ1v) is 7.91. The van der Waals surface area contributed by atoms with Gasteiger partial charge in [0.05, 0.1) is 0 Å². The van der Waals surface area contributed by atoms with Crippen LogP contribution < -0.4 is 5.32 Å². The van der Waals surface area contributed by atoms with Gasteiger partial charge in [-0.2, -0.15) is 0 Å². The number of fused-ring (bicyclic) bond motifs is 1. The molecule has 0 bridgehead atoms. The lowest BCUT2D eigenvalue weighted by atomic mass is 9.96. The summed E-state index contributed by atoms with van der Waals surface area (Å²) in [6.07, 6.45) is 5.25. The summed E-state index contributed by atoms with van der Waals surface area (Å²) in [6.45, 7) is 4.15. The summed E-state index contributed by atoms with van der Waals surface area (Å²) in [5, 5.41) is 3.48. The Kier molecular flexibility index (Phi) is 3.42. The highest BCUT2D eigenvalue weighted by Crippen LogP contribution is 2.24. The van der Waals surface area contributed by atoms with Crippen LogP contribution in [0.4, 0.5) is 0 Å². The molecule has 0 aromatic carbocycles. The Morgan fingerprint density at radius 2 is 2.32 bits per heavy atom. The second-order valence-corrected chi connectivity index (χ2v) is 6.01. The molecule has 1 saturated heterocycles. The fourth-order valence-electron chi connectivity index (χ4n) is 3.23. The minimum Gasteiger partial charge on any atom is -0.445 e. The topological polar surface area (TPSA) is 55.9 Å². The Hall–Kier alpha value is -2.14. The van der Waals surface area contributed by atoms with Gasteiger partial charge in [0.25, 0.3) is 0 Å². The average Bonchev–Trinajstić information content (AvgIpc) is 3.11. The van der Waals surface area contributed by atoms with Crippen LogP contribution in [0.15, 0.2) is 34.9 Å². The van der Waals surface area contributed by atoms with E-state index in [0.29, 0.717) is 5.92 Å². The second kappa shape index (κ2) is 5.57. The maximum Gasteiger partial charge on any atom is 0.206 e. The van der Waals surface area contributed by atoms with E-state index in [1.807, 2.05) is 37.4 Å². The standard InChI is InChI=1S/C17H20N4O/c1-12-6-7-16(22-12)21-15(10-13-4-2-8-18-11-13)20-14-5-3-9-19-17(14)21/h3,5-7,9,13,18H,2,4,8,10-11H2,1H3. The minimum atomic E-state index is 0.625. The molecule has 1 atom stereocenters. The Morgan fingerprint density at radius 3 is 3.09 bits per heavy atom. The maximum absolute atomic E-state index is 5.83. The number of hydrogen-bond acceptors (Lipinski definition) is 4. The van der Waals surface area contributed by atoms with Crippen LogP contribution in [-0.4, -0.2) is 27.6 Å². The average molecular weight is 296 g/mol. The number of aromatic nitrogens is 3. The van der Waals surface area contributed by atoms with E-state index in [1.165, 1.54) is 12.8 Å². The third-order valence-electron chi connectivity index (χ3n) is 4.30. The zero-order valence-corrected chi connectivity index (χ0v) is 12.7. The molecule has 114 valence electrons. The summed E-state index contributed by atoms with van der Waals surface area (Å²) in [4.78, 5) is 9.31. The molecule has 1 aliphatic heterocycles. The summed E-state index contributed by atoms with van der Waals surface area (Å²) < 4.78 is 7.90. The molecule has 0 amide bonds. The molecule has 3 aromatic rings. The Morgan fingerprint density at radius 1 is 1.36 bits per heavy atom. The van der Waals surface area contributed by atoms with Gasteiger partial charge in [-0.15, -0.1) is 0 Å². The van der Waals surface area contributed by atoms with Crippen molar-refractivity contribution in [2.24, 2.45) is 5.92 Å². The second-order valence-electron chi connectivity index (χ2n) is 6.01. The molecule has 0 radical (unpaired) electrons. The Labute approximate surface area is 129 Å². The predicted octanol–water partition coefficient (Wildman–Crippen LogP) is 2.86. The minimum absolute atomic E-state index is 0.625. The van der Waals surface area contributed by atoms with Crippen molar-refractivity contribution in [3.05, 3.63) is 42.0 Å². The van der Waals surface area contributed by atoms with Crippen LogP contribution in [-0.2, 0) is 6.42 Å². The molecule has 1 N–H and O–H groups in total. The number of nitrogens with one attached hydrogen (secondary N) is 1. The van der Waals surface area contributed by atoms with Gasteiger partial charge in [-0.25, -0.2) is 14.5 Å². The summed E-state index contributed by atoms with van der Waals surface area (Å²) >= 11 is 0. The van der Waals surface area contributed by atoms with Crippen LogP contribution in [0, 0.1) is 12.8 Å². The van der Waals surface area contributed by atoms with Crippen molar-refractivity contribution in [2.45, 2.75) is 26.2 Å². The first-order valence-electron chi connectivity index (χ1n) is 7.91. The number of furan rings is 1. The molecule has 3 aromatic heterocycles. The molecule has 4 heterocycles. The molecule has 5 nitrogen and oxygen atoms in total. The Balaban J connectivity index is 1.79. The summed E-state index contributed by atoms with van der Waals surface area (Å²) in [6, 6.07) is 7.92. The van der Waals surface area contributed by atoms with Gasteiger partial charge in [-0.05, 0) is 57.0 Å². The van der Waals surface area contributed by atoms with Gasteiger partial charge in [0.1, 0.15) is 17.1 Å². The molecule has 22 heavy (non-hydrogen) atoms. The molecule has 4 rings (SSSR count). The van der Waals surface area contributed by atoms with Gasteiger partial charge in [-0.1, -0.05) is 0 Å². The molecular weight excluding hydrogens is 276 g/mol. The predicted molar refractivity (Wildman–Crippen MR) is 85.2 cm³/mol. The molecule has 1 aliphatic rings. The normalized spacial score (nSPS) is 18.9. The number of aryl methyl sites for hydroxylation is 1. The molecule has 1 unspecified atom stereocenters. The SMILES string of the molecule is Cc1ccc(-n2c(CC3CCCNC3)nc3cccnc32)o1. The third kappa shape index (κ3) is 2.41. The lowest BCUT2D eigenvalue weighted by Crippen LogP contribution is -2.31. The van der Waals surface area contributed by atoms with Crippen molar-refractivity contribution >= 4 is 11.2 Å². The monoisotopic (exact) mass is 296 g/mol. The van der Waals surface area contributed by atoms with Gasteiger partial charge in [0.2, 0.25) is 5.88 Å². The van der Waals surface area contributed by atoms with Gasteiger partial charge >= 0.3 is 0 Å². The lowest BCUT2D eigenvalue weighted by Gasteiger charge is -2.22. The maximum atomic E-state index is 5.83. The van der Waals surface area contributed by atoms with E-state index in [-0.39, 0.29) is 0 Å². The van der Waals surface area contributed by atoms with Crippen molar-refractivity contribution in [2.75, 3.05) is 13.1 Å². The van der Waals surface area contributed by atoms with E-state index in [9.17, 15) is 0 Å². The summed E-state index contributed by atoms with van der Waals surface area (Å²) in [5.41, 5.74) is 1.80. The van der Waals surface area contributed by atoms with Crippen molar-refractivity contribution < 1.29 is 4.42 Å². The van der Waals surface area contributed by atoms with E-state index < -0.39 is 0 Å². The van der Waals surface area contributed by atoms with Gasteiger partial charge in [-0.3, -0.25) is 0 Å². The first-order chi connectivity index (χ1) is 10.8. The summed E-state index contributed by atoms with van der Waals surface area (Å²) in [7, 11) is 0. The highest BCUT2D eigenvalue weighted by molar-refractivity contribution is 5.73. The number of imidazole rings is 1. The number of piperidine rings is 1. The van der Waals surface area contributed by atoms with E-state index in [2.05, 4.69) is 14.9 Å². The number of rotatable bonds is 3. The van der Waals surface area contributed by atoms with Crippen LogP contribution >= 0.6 is 0 Å². The third-order valence-corrected chi connectivity index (χ3v) is 4.30. The highest BCUT2D eigenvalue weighted by atomic mass is 16.4. The van der Waals surface area contributed by atoms with Crippen LogP contribution in [0.1, 0.15) is 24.4 Å². The first kappa shape index (κ1) is 13.5. The highest BCUT2D eigenvalue weighted by Gasteiger charge is 2.20. The molecule has 1 fully saturated rings. The fraction of sp³-hybridized carbons (Fsp3) is 0.412. The zero-order chi connectivity index (χ0) is 14.9. The Bertz CT molecular complexity index is 783. The van der Waals surface area contributed by atoms with Crippen molar-refractivity contribution in [3.8, 4) is 5.88 Å². The van der Waals surface area contributed by atoms with Crippen molar-refractivity contribution in [1.29, 1.82) is 0 Å². The molecule has 0 aliphatic carbocycles. The van der Waals surface area contributed by atoms with Gasteiger partial charge in [0, 0.05) is 18.7 Å². The van der Waals surface area contributed by atoms with Crippen molar-refractivity contribution in [1.82, 2.24) is 19.9 Å². The quantitative estimate of drug-likeness (QED) is 0.807. The smallest absolute Gasteiger partial charge is 0.206 e. The van der Waals surface area contributed by atoms with Gasteiger partial charge < -0.3 is 9.73 Å². The molecule has 5 heteroatoms. The van der Waals surface area contributed by atoms with E-state index in [0.717, 1.165) is 48.1 Å². The lowest BCUT2D eigenvalue weighted by molar-refractivity contribution is 0.368. The molecular formula is C17H20N4O. The zero-order valence-electron chi connectivity index (χ0n) is 12.7. The van der Waals surface area contributed by atoms with E-state index in [4.69, 9.17) is 9.40 Å². The van der Waals surface area contributed by atoms with Crippen LogP contribution in [0.25, 0.3) is 17.0 Å². The molecule has 0 spiro atoms. The van der Waals surface area contributed by atoms with Crippen LogP contribution in [0.3, 0.4) is 0 Å². The fourth-order valence-corrected chi connectivity index (χ4v) is 3.23. The number of nitrogens with zero attached hydrogens (tertiary/aromatic N) is 3.